The molecule has 0 saturated carbocycles. The Balaban J connectivity index is 1.41. The number of carbonyl (C=O) groups is 1. The van der Waals surface area contributed by atoms with Gasteiger partial charge in [-0.2, -0.15) is 0 Å². The fraction of sp³-hybridized carbons (Fsp3) is 0.222. The van der Waals surface area contributed by atoms with Crippen LogP contribution in [0.5, 0.6) is 0 Å². The lowest BCUT2D eigenvalue weighted by atomic mass is 10.1. The molecule has 1 amide bonds. The SMILES string of the molecule is O=C(c1ccc(SCc2cn3ccccc3n2)cc1)N1CCC1. The Labute approximate surface area is 139 Å². The molecule has 1 aliphatic heterocycles. The van der Waals surface area contributed by atoms with Crippen LogP contribution in [0.25, 0.3) is 5.65 Å². The van der Waals surface area contributed by atoms with E-state index in [1.807, 2.05) is 58.0 Å². The minimum absolute atomic E-state index is 0.146. The first-order valence-corrected chi connectivity index (χ1v) is 8.73. The van der Waals surface area contributed by atoms with E-state index < -0.39 is 0 Å². The second kappa shape index (κ2) is 6.08. The minimum Gasteiger partial charge on any atom is -0.339 e. The van der Waals surface area contributed by atoms with E-state index >= 15 is 0 Å². The van der Waals surface area contributed by atoms with Crippen LogP contribution >= 0.6 is 11.8 Å². The van der Waals surface area contributed by atoms with Gasteiger partial charge in [-0.1, -0.05) is 6.07 Å². The van der Waals surface area contributed by atoms with Crippen molar-refractivity contribution in [1.82, 2.24) is 14.3 Å². The zero-order valence-electron chi connectivity index (χ0n) is 12.7. The number of fused-ring (bicyclic) bond motifs is 1. The van der Waals surface area contributed by atoms with E-state index in [1.54, 1.807) is 11.8 Å². The molecule has 0 unspecified atom stereocenters. The molecular formula is C18H17N3OS. The normalized spacial score (nSPS) is 14.0. The number of benzene rings is 1. The van der Waals surface area contributed by atoms with Crippen LogP contribution in [0.4, 0.5) is 0 Å². The zero-order chi connectivity index (χ0) is 15.6. The molecule has 0 spiro atoms. The number of rotatable bonds is 4. The molecule has 0 bridgehead atoms. The summed E-state index contributed by atoms with van der Waals surface area (Å²) in [7, 11) is 0. The van der Waals surface area contributed by atoms with E-state index in [2.05, 4.69) is 11.2 Å². The number of imidazole rings is 1. The summed E-state index contributed by atoms with van der Waals surface area (Å²) >= 11 is 1.74. The van der Waals surface area contributed by atoms with Crippen molar-refractivity contribution in [3.8, 4) is 0 Å². The number of hydrogen-bond acceptors (Lipinski definition) is 3. The molecule has 1 aliphatic rings. The van der Waals surface area contributed by atoms with Crippen LogP contribution in [-0.4, -0.2) is 33.3 Å². The Kier molecular flexibility index (Phi) is 3.79. The summed E-state index contributed by atoms with van der Waals surface area (Å²) in [5, 5.41) is 0. The predicted molar refractivity (Wildman–Crippen MR) is 91.7 cm³/mol. The number of nitrogens with zero attached hydrogens (tertiary/aromatic N) is 3. The summed E-state index contributed by atoms with van der Waals surface area (Å²) in [6.07, 6.45) is 5.19. The summed E-state index contributed by atoms with van der Waals surface area (Å²) in [6.45, 7) is 1.78. The zero-order valence-corrected chi connectivity index (χ0v) is 13.5. The van der Waals surface area contributed by atoms with E-state index in [1.165, 1.54) is 0 Å². The van der Waals surface area contributed by atoms with E-state index in [-0.39, 0.29) is 5.91 Å². The molecule has 0 radical (unpaired) electrons. The molecule has 116 valence electrons. The van der Waals surface area contributed by atoms with Gasteiger partial charge in [0.25, 0.3) is 5.91 Å². The molecule has 4 nitrogen and oxygen atoms in total. The second-order valence-corrected chi connectivity index (χ2v) is 6.71. The lowest BCUT2D eigenvalue weighted by molar-refractivity contribution is 0.0652. The van der Waals surface area contributed by atoms with Crippen LogP contribution in [0.15, 0.2) is 59.8 Å². The molecule has 1 aromatic carbocycles. The molecule has 1 fully saturated rings. The van der Waals surface area contributed by atoms with Crippen molar-refractivity contribution in [3.05, 3.63) is 66.1 Å². The smallest absolute Gasteiger partial charge is 0.253 e. The number of thioether (sulfide) groups is 1. The minimum atomic E-state index is 0.146. The van der Waals surface area contributed by atoms with Crippen LogP contribution in [-0.2, 0) is 5.75 Å². The molecule has 23 heavy (non-hydrogen) atoms. The second-order valence-electron chi connectivity index (χ2n) is 5.66. The lowest BCUT2D eigenvalue weighted by Crippen LogP contribution is -2.41. The van der Waals surface area contributed by atoms with Crippen molar-refractivity contribution in [3.63, 3.8) is 0 Å². The topological polar surface area (TPSA) is 37.6 Å². The van der Waals surface area contributed by atoms with Gasteiger partial charge in [-0.05, 0) is 42.8 Å². The number of amides is 1. The first-order valence-electron chi connectivity index (χ1n) is 7.74. The molecule has 0 atom stereocenters. The fourth-order valence-electron chi connectivity index (χ4n) is 2.61. The van der Waals surface area contributed by atoms with E-state index in [4.69, 9.17) is 0 Å². The molecular weight excluding hydrogens is 306 g/mol. The Morgan fingerprint density at radius 2 is 1.96 bits per heavy atom. The standard InChI is InChI=1S/C18H17N3OS/c22-18(20-10-3-11-20)14-5-7-16(8-6-14)23-13-15-12-21-9-2-1-4-17(21)19-15/h1-2,4-9,12H,3,10-11,13H2. The van der Waals surface area contributed by atoms with Crippen molar-refractivity contribution in [1.29, 1.82) is 0 Å². The van der Waals surface area contributed by atoms with Gasteiger partial charge in [-0.15, -0.1) is 11.8 Å². The maximum atomic E-state index is 12.1. The van der Waals surface area contributed by atoms with E-state index in [0.717, 1.165) is 47.1 Å². The third kappa shape index (κ3) is 2.97. The number of likely N-dealkylation sites (tertiary alicyclic amines) is 1. The van der Waals surface area contributed by atoms with Gasteiger partial charge in [-0.25, -0.2) is 4.98 Å². The Bertz CT molecular complexity index is 804. The van der Waals surface area contributed by atoms with Crippen molar-refractivity contribution in [2.45, 2.75) is 17.1 Å². The van der Waals surface area contributed by atoms with Crippen LogP contribution in [0.2, 0.25) is 0 Å². The van der Waals surface area contributed by atoms with E-state index in [9.17, 15) is 4.79 Å². The van der Waals surface area contributed by atoms with Crippen LogP contribution in [0, 0.1) is 0 Å². The van der Waals surface area contributed by atoms with Gasteiger partial charge in [0, 0.05) is 41.7 Å². The first kappa shape index (κ1) is 14.3. The molecule has 3 aromatic rings. The van der Waals surface area contributed by atoms with E-state index in [0.29, 0.717) is 0 Å². The number of hydrogen-bond donors (Lipinski definition) is 0. The monoisotopic (exact) mass is 323 g/mol. The Morgan fingerprint density at radius 1 is 1.13 bits per heavy atom. The average molecular weight is 323 g/mol. The van der Waals surface area contributed by atoms with Gasteiger partial charge in [0.2, 0.25) is 0 Å². The highest BCUT2D eigenvalue weighted by atomic mass is 32.2. The molecule has 2 aromatic heterocycles. The predicted octanol–water partition coefficient (Wildman–Crippen LogP) is 3.47. The van der Waals surface area contributed by atoms with Gasteiger partial charge in [0.05, 0.1) is 5.69 Å². The Hall–Kier alpha value is -2.27. The summed E-state index contributed by atoms with van der Waals surface area (Å²) in [6, 6.07) is 13.9. The van der Waals surface area contributed by atoms with Crippen LogP contribution in [0.1, 0.15) is 22.5 Å². The van der Waals surface area contributed by atoms with Gasteiger partial charge in [0.15, 0.2) is 0 Å². The molecule has 0 aliphatic carbocycles. The molecule has 3 heterocycles. The van der Waals surface area contributed by atoms with Gasteiger partial charge >= 0.3 is 0 Å². The van der Waals surface area contributed by atoms with Crippen LogP contribution < -0.4 is 0 Å². The summed E-state index contributed by atoms with van der Waals surface area (Å²) in [5.41, 5.74) is 2.81. The van der Waals surface area contributed by atoms with Gasteiger partial charge < -0.3 is 9.30 Å². The van der Waals surface area contributed by atoms with Gasteiger partial charge in [-0.3, -0.25) is 4.79 Å². The highest BCUT2D eigenvalue weighted by Crippen LogP contribution is 2.23. The highest BCUT2D eigenvalue weighted by Gasteiger charge is 2.21. The number of pyridine rings is 1. The molecule has 0 N–H and O–H groups in total. The number of aromatic nitrogens is 2. The fourth-order valence-corrected chi connectivity index (χ4v) is 3.39. The summed E-state index contributed by atoms with van der Waals surface area (Å²) in [5.74, 6) is 0.967. The third-order valence-corrected chi connectivity index (χ3v) is 5.09. The van der Waals surface area contributed by atoms with Crippen molar-refractivity contribution in [2.24, 2.45) is 0 Å². The average Bonchev–Trinajstić information content (AvgIpc) is 2.94. The largest absolute Gasteiger partial charge is 0.339 e. The highest BCUT2D eigenvalue weighted by molar-refractivity contribution is 7.98. The molecule has 4 rings (SSSR count). The molecule has 5 heteroatoms. The van der Waals surface area contributed by atoms with Crippen LogP contribution in [0.3, 0.4) is 0 Å². The quantitative estimate of drug-likeness (QED) is 0.690. The van der Waals surface area contributed by atoms with Gasteiger partial charge in [0.1, 0.15) is 5.65 Å². The first-order chi connectivity index (χ1) is 11.3. The maximum Gasteiger partial charge on any atom is 0.253 e. The summed E-state index contributed by atoms with van der Waals surface area (Å²) < 4.78 is 2.03. The third-order valence-electron chi connectivity index (χ3n) is 4.05. The van der Waals surface area contributed by atoms with Crippen molar-refractivity contribution < 1.29 is 4.79 Å². The Morgan fingerprint density at radius 3 is 2.65 bits per heavy atom. The van der Waals surface area contributed by atoms with Crippen molar-refractivity contribution >= 4 is 23.3 Å². The molecule has 1 saturated heterocycles. The maximum absolute atomic E-state index is 12.1. The van der Waals surface area contributed by atoms with Crippen molar-refractivity contribution in [2.75, 3.05) is 13.1 Å². The summed E-state index contributed by atoms with van der Waals surface area (Å²) in [4.78, 5) is 19.8. The number of carbonyl (C=O) groups excluding carboxylic acids is 1. The lowest BCUT2D eigenvalue weighted by Gasteiger charge is -2.30.